The van der Waals surface area contributed by atoms with Gasteiger partial charge in [-0.15, -0.1) is 0 Å². The van der Waals surface area contributed by atoms with E-state index in [1.165, 1.54) is 0 Å². The van der Waals surface area contributed by atoms with Gasteiger partial charge in [0, 0.05) is 5.56 Å². The standard InChI is InChI=1S/C25H25N3O3/c1-14-8-5-11-18(21(14)29)17(4)27-25(20-13-7-10-16(3)23(20)31)28-24(26)19-12-6-9-15(2)22(19)30/h5-13,29-31H,4H2,1-3H3,(H2,26,27,28). The van der Waals surface area contributed by atoms with Crippen LogP contribution in [0.25, 0.3) is 5.70 Å². The van der Waals surface area contributed by atoms with Crippen LogP contribution in [0.5, 0.6) is 17.2 Å². The molecule has 0 radical (unpaired) electrons. The minimum atomic E-state index is 0.00697. The predicted molar refractivity (Wildman–Crippen MR) is 125 cm³/mol. The fraction of sp³-hybridized carbons (Fsp3) is 0.120. The molecule has 0 bridgehead atoms. The fourth-order valence-electron chi connectivity index (χ4n) is 3.10. The fourth-order valence-corrected chi connectivity index (χ4v) is 3.10. The van der Waals surface area contributed by atoms with Gasteiger partial charge in [-0.25, -0.2) is 9.98 Å². The molecule has 0 saturated heterocycles. The zero-order valence-electron chi connectivity index (χ0n) is 17.7. The minimum Gasteiger partial charge on any atom is -0.507 e. The summed E-state index contributed by atoms with van der Waals surface area (Å²) in [6.45, 7) is 9.27. The van der Waals surface area contributed by atoms with Crippen molar-refractivity contribution >= 4 is 17.4 Å². The minimum absolute atomic E-state index is 0.00697. The van der Waals surface area contributed by atoms with Crippen molar-refractivity contribution in [3.05, 3.63) is 94.6 Å². The lowest BCUT2D eigenvalue weighted by molar-refractivity contribution is 0.469. The van der Waals surface area contributed by atoms with Crippen molar-refractivity contribution in [2.45, 2.75) is 20.8 Å². The second-order valence-corrected chi connectivity index (χ2v) is 7.29. The van der Waals surface area contributed by atoms with Crippen LogP contribution in [-0.4, -0.2) is 27.0 Å². The maximum atomic E-state index is 10.6. The predicted octanol–water partition coefficient (Wildman–Crippen LogP) is 4.55. The average molecular weight is 415 g/mol. The van der Waals surface area contributed by atoms with Crippen molar-refractivity contribution < 1.29 is 15.3 Å². The molecule has 0 aliphatic carbocycles. The Bertz CT molecular complexity index is 1230. The van der Waals surface area contributed by atoms with Gasteiger partial charge in [0.05, 0.1) is 16.8 Å². The van der Waals surface area contributed by atoms with Crippen LogP contribution in [0.2, 0.25) is 0 Å². The maximum absolute atomic E-state index is 10.6. The number of nitrogens with zero attached hydrogens (tertiary/aromatic N) is 2. The van der Waals surface area contributed by atoms with Gasteiger partial charge < -0.3 is 21.1 Å². The topological polar surface area (TPSA) is 111 Å². The molecule has 0 spiro atoms. The molecule has 0 aliphatic rings. The Hall–Kier alpha value is -4.06. The molecule has 0 fully saturated rings. The van der Waals surface area contributed by atoms with Gasteiger partial charge in [-0.1, -0.05) is 43.0 Å². The van der Waals surface area contributed by atoms with Crippen LogP contribution in [0.1, 0.15) is 33.4 Å². The van der Waals surface area contributed by atoms with Gasteiger partial charge in [0.1, 0.15) is 23.1 Å². The van der Waals surface area contributed by atoms with Gasteiger partial charge >= 0.3 is 0 Å². The number of aromatic hydroxyl groups is 3. The number of para-hydroxylation sites is 3. The van der Waals surface area contributed by atoms with E-state index < -0.39 is 0 Å². The Kier molecular flexibility index (Phi) is 6.11. The quantitative estimate of drug-likeness (QED) is 0.370. The molecule has 3 aromatic carbocycles. The third kappa shape index (κ3) is 4.43. The Morgan fingerprint density at radius 2 is 1.10 bits per heavy atom. The number of aryl methyl sites for hydroxylation is 3. The van der Waals surface area contributed by atoms with Gasteiger partial charge in [-0.2, -0.15) is 0 Å². The van der Waals surface area contributed by atoms with Crippen LogP contribution in [0, 0.1) is 20.8 Å². The molecule has 31 heavy (non-hydrogen) atoms. The summed E-state index contributed by atoms with van der Waals surface area (Å²) in [6, 6.07) is 15.6. The highest BCUT2D eigenvalue weighted by Gasteiger charge is 2.15. The van der Waals surface area contributed by atoms with E-state index in [1.807, 2.05) is 0 Å². The Morgan fingerprint density at radius 3 is 1.65 bits per heavy atom. The Balaban J connectivity index is 2.19. The summed E-state index contributed by atoms with van der Waals surface area (Å²) in [7, 11) is 0. The first-order valence-electron chi connectivity index (χ1n) is 9.69. The first kappa shape index (κ1) is 21.6. The normalized spacial score (nSPS) is 12.1. The molecule has 0 unspecified atom stereocenters. The molecule has 0 atom stereocenters. The van der Waals surface area contributed by atoms with Crippen molar-refractivity contribution in [2.24, 2.45) is 15.7 Å². The van der Waals surface area contributed by atoms with Gasteiger partial charge in [0.25, 0.3) is 0 Å². The molecule has 3 aromatic rings. The molecule has 0 amide bonds. The zero-order valence-corrected chi connectivity index (χ0v) is 17.7. The summed E-state index contributed by atoms with van der Waals surface area (Å²) in [4.78, 5) is 8.91. The summed E-state index contributed by atoms with van der Waals surface area (Å²) < 4.78 is 0. The first-order chi connectivity index (χ1) is 14.7. The second-order valence-electron chi connectivity index (χ2n) is 7.29. The molecule has 0 saturated carbocycles. The number of phenols is 3. The number of hydrogen-bond donors (Lipinski definition) is 4. The Morgan fingerprint density at radius 1 is 0.677 bits per heavy atom. The van der Waals surface area contributed by atoms with Crippen LogP contribution in [0.15, 0.2) is 71.2 Å². The van der Waals surface area contributed by atoms with E-state index in [2.05, 4.69) is 16.6 Å². The monoisotopic (exact) mass is 415 g/mol. The third-order valence-electron chi connectivity index (χ3n) is 5.01. The van der Waals surface area contributed by atoms with Gasteiger partial charge in [-0.3, -0.25) is 0 Å². The molecule has 158 valence electrons. The Labute approximate surface area is 181 Å². The average Bonchev–Trinajstić information content (AvgIpc) is 2.73. The van der Waals surface area contributed by atoms with Gasteiger partial charge in [0.15, 0.2) is 5.84 Å². The summed E-state index contributed by atoms with van der Waals surface area (Å²) in [5.41, 5.74) is 9.58. The molecule has 0 heterocycles. The molecular weight excluding hydrogens is 390 g/mol. The molecule has 3 rings (SSSR count). The van der Waals surface area contributed by atoms with Crippen LogP contribution in [-0.2, 0) is 0 Å². The van der Waals surface area contributed by atoms with Crippen molar-refractivity contribution in [1.29, 1.82) is 0 Å². The first-order valence-corrected chi connectivity index (χ1v) is 9.69. The second kappa shape index (κ2) is 8.75. The maximum Gasteiger partial charge on any atom is 0.165 e. The molecule has 0 aliphatic heterocycles. The summed E-state index contributed by atoms with van der Waals surface area (Å²) >= 11 is 0. The number of nitrogens with two attached hydrogens (primary N) is 1. The highest BCUT2D eigenvalue weighted by molar-refractivity contribution is 6.14. The number of phenolic OH excluding ortho intramolecular Hbond substituents is 3. The van der Waals surface area contributed by atoms with Crippen molar-refractivity contribution in [2.75, 3.05) is 0 Å². The van der Waals surface area contributed by atoms with Crippen LogP contribution >= 0.6 is 0 Å². The van der Waals surface area contributed by atoms with Crippen LogP contribution in [0.3, 0.4) is 0 Å². The summed E-state index contributed by atoms with van der Waals surface area (Å²) in [5.74, 6) is 0.226. The number of aliphatic imine (C=N–C) groups is 2. The van der Waals surface area contributed by atoms with E-state index in [9.17, 15) is 15.3 Å². The molecule has 5 N–H and O–H groups in total. The lowest BCUT2D eigenvalue weighted by atomic mass is 10.1. The zero-order chi connectivity index (χ0) is 22.7. The van der Waals surface area contributed by atoms with Crippen LogP contribution < -0.4 is 5.73 Å². The molecular formula is C25H25N3O3. The number of amidine groups is 2. The molecule has 6 heteroatoms. The molecule has 6 nitrogen and oxygen atoms in total. The largest absolute Gasteiger partial charge is 0.507 e. The van der Waals surface area contributed by atoms with Gasteiger partial charge in [-0.05, 0) is 55.7 Å². The number of benzene rings is 3. The molecule has 0 aromatic heterocycles. The van der Waals surface area contributed by atoms with Crippen molar-refractivity contribution in [3.8, 4) is 17.2 Å². The number of rotatable bonds is 4. The highest BCUT2D eigenvalue weighted by atomic mass is 16.3. The third-order valence-corrected chi connectivity index (χ3v) is 5.01. The van der Waals surface area contributed by atoms with E-state index in [0.717, 1.165) is 0 Å². The lowest BCUT2D eigenvalue weighted by Crippen LogP contribution is -2.17. The number of hydrogen-bond acceptors (Lipinski definition) is 4. The van der Waals surface area contributed by atoms with Crippen molar-refractivity contribution in [3.63, 3.8) is 0 Å². The van der Waals surface area contributed by atoms with E-state index in [-0.39, 0.29) is 34.6 Å². The van der Waals surface area contributed by atoms with Gasteiger partial charge in [0.2, 0.25) is 0 Å². The van der Waals surface area contributed by atoms with E-state index in [4.69, 9.17) is 5.73 Å². The van der Waals surface area contributed by atoms with Crippen LogP contribution in [0.4, 0.5) is 0 Å². The summed E-state index contributed by atoms with van der Waals surface area (Å²) in [6.07, 6.45) is 0. The summed E-state index contributed by atoms with van der Waals surface area (Å²) in [5, 5.41) is 31.4. The SMILES string of the molecule is C=C(/N=C(\N=C(/N)c1cccc(C)c1O)c1cccc(C)c1O)c1cccc(C)c1O. The lowest BCUT2D eigenvalue weighted by Gasteiger charge is -2.12. The smallest absolute Gasteiger partial charge is 0.165 e. The van der Waals surface area contributed by atoms with E-state index in [0.29, 0.717) is 33.4 Å². The van der Waals surface area contributed by atoms with Crippen molar-refractivity contribution in [1.82, 2.24) is 0 Å². The highest BCUT2D eigenvalue weighted by Crippen LogP contribution is 2.30. The van der Waals surface area contributed by atoms with E-state index in [1.54, 1.807) is 75.4 Å². The van der Waals surface area contributed by atoms with E-state index >= 15 is 0 Å².